The van der Waals surface area contributed by atoms with Crippen LogP contribution in [0.5, 0.6) is 0 Å². The number of rotatable bonds is 9. The van der Waals surface area contributed by atoms with Crippen molar-refractivity contribution in [2.75, 3.05) is 61.5 Å². The van der Waals surface area contributed by atoms with Crippen molar-refractivity contribution in [3.63, 3.8) is 0 Å². The summed E-state index contributed by atoms with van der Waals surface area (Å²) in [5.74, 6) is 1.25. The number of anilines is 3. The number of likely N-dealkylation sites (N-methyl/N-ethyl adjacent to an activating group) is 1. The predicted molar refractivity (Wildman–Crippen MR) is 150 cm³/mol. The Morgan fingerprint density at radius 1 is 0.971 bits per heavy atom. The van der Waals surface area contributed by atoms with E-state index in [1.165, 1.54) is 33.9 Å². The molecule has 4 rings (SSSR count). The number of quaternary nitrogens is 1. The molecule has 1 atom stereocenters. The van der Waals surface area contributed by atoms with E-state index in [2.05, 4.69) is 104 Å². The van der Waals surface area contributed by atoms with Crippen LogP contribution in [0.25, 0.3) is 0 Å². The summed E-state index contributed by atoms with van der Waals surface area (Å²) in [6, 6.07) is 15.2. The van der Waals surface area contributed by atoms with Gasteiger partial charge < -0.3 is 0 Å². The molecule has 2 aliphatic heterocycles. The predicted octanol–water partition coefficient (Wildman–Crippen LogP) is 5.07. The topological polar surface area (TPSA) is 9.72 Å². The van der Waals surface area contributed by atoms with Gasteiger partial charge in [0.05, 0.1) is 0 Å². The van der Waals surface area contributed by atoms with Crippen LogP contribution in [0.15, 0.2) is 66.5 Å². The molecule has 2 aliphatic rings. The average molecular weight is 545 g/mol. The second-order valence-corrected chi connectivity index (χ2v) is 12.4. The maximum atomic E-state index is 6.41. The standard InChI is InChI=1S/C28H38ClN4Se/c1-6-30-25-21-22(29)17-18-23(25)32(19-12-20-33(4,5)8-3)27(30)15-11-16-28-31(7-2)24-13-9-10-14-26(24)34-28/h9-11,13-18,21,28H,6-8,12,19-20H2,1-5H3/q+1. The van der Waals surface area contributed by atoms with Gasteiger partial charge in [0.25, 0.3) is 0 Å². The summed E-state index contributed by atoms with van der Waals surface area (Å²) >= 11 is 6.84. The van der Waals surface area contributed by atoms with Crippen LogP contribution in [0.2, 0.25) is 5.02 Å². The van der Waals surface area contributed by atoms with Crippen LogP contribution in [0, 0.1) is 0 Å². The van der Waals surface area contributed by atoms with Crippen LogP contribution in [0.1, 0.15) is 27.2 Å². The molecule has 0 bridgehead atoms. The number of nitrogens with zero attached hydrogens (tertiary/aromatic N) is 4. The fourth-order valence-electron chi connectivity index (χ4n) is 4.75. The normalized spacial score (nSPS) is 18.9. The Morgan fingerprint density at radius 3 is 2.50 bits per heavy atom. The van der Waals surface area contributed by atoms with E-state index in [-0.39, 0.29) is 0 Å². The van der Waals surface area contributed by atoms with Crippen LogP contribution in [-0.2, 0) is 0 Å². The van der Waals surface area contributed by atoms with E-state index < -0.39 is 0 Å². The Labute approximate surface area is 217 Å². The van der Waals surface area contributed by atoms with Crippen molar-refractivity contribution >= 4 is 48.1 Å². The molecule has 0 N–H and O–H groups in total. The average Bonchev–Trinajstić information content (AvgIpc) is 3.33. The first-order valence-electron chi connectivity index (χ1n) is 12.5. The number of benzene rings is 2. The van der Waals surface area contributed by atoms with Crippen molar-refractivity contribution < 1.29 is 4.48 Å². The van der Waals surface area contributed by atoms with Gasteiger partial charge >= 0.3 is 218 Å². The van der Waals surface area contributed by atoms with Gasteiger partial charge in [-0.2, -0.15) is 0 Å². The molecule has 0 spiro atoms. The summed E-state index contributed by atoms with van der Waals surface area (Å²) in [7, 11) is 4.63. The number of allylic oxidation sites excluding steroid dienone is 2. The first-order valence-corrected chi connectivity index (χ1v) is 14.7. The first-order chi connectivity index (χ1) is 16.4. The van der Waals surface area contributed by atoms with Crippen LogP contribution in [0.4, 0.5) is 17.1 Å². The van der Waals surface area contributed by atoms with E-state index in [1.807, 2.05) is 6.07 Å². The molecule has 0 saturated heterocycles. The summed E-state index contributed by atoms with van der Waals surface area (Å²) in [5, 5.41) is 0.794. The molecule has 6 heteroatoms. The Kier molecular flexibility index (Phi) is 7.99. The van der Waals surface area contributed by atoms with Crippen molar-refractivity contribution in [3.8, 4) is 0 Å². The van der Waals surface area contributed by atoms with Crippen LogP contribution >= 0.6 is 11.6 Å². The summed E-state index contributed by atoms with van der Waals surface area (Å²) in [5.41, 5.74) is 3.88. The first kappa shape index (κ1) is 25.2. The molecule has 0 radical (unpaired) electrons. The van der Waals surface area contributed by atoms with Gasteiger partial charge in [-0.3, -0.25) is 0 Å². The third-order valence-corrected chi connectivity index (χ3v) is 9.84. The van der Waals surface area contributed by atoms with Crippen molar-refractivity contribution in [2.45, 2.75) is 32.1 Å². The maximum absolute atomic E-state index is 6.41. The van der Waals surface area contributed by atoms with Crippen molar-refractivity contribution in [3.05, 3.63) is 71.5 Å². The Bertz CT molecular complexity index is 1060. The van der Waals surface area contributed by atoms with Gasteiger partial charge in [-0.15, -0.1) is 0 Å². The summed E-state index contributed by atoms with van der Waals surface area (Å²) in [4.78, 5) is 7.89. The van der Waals surface area contributed by atoms with Gasteiger partial charge in [0, 0.05) is 0 Å². The second-order valence-electron chi connectivity index (χ2n) is 9.53. The SMILES string of the molecule is CCN1C(=CC=CC2[Se]c3ccccc3N2CC)N(CCC[N+](C)(C)CC)c2ccc(Cl)cc21. The van der Waals surface area contributed by atoms with E-state index in [1.54, 1.807) is 0 Å². The molecule has 182 valence electrons. The van der Waals surface area contributed by atoms with E-state index in [0.29, 0.717) is 19.9 Å². The van der Waals surface area contributed by atoms with Gasteiger partial charge in [0.2, 0.25) is 0 Å². The number of fused-ring (bicyclic) bond motifs is 2. The van der Waals surface area contributed by atoms with Crippen LogP contribution in [0.3, 0.4) is 0 Å². The molecule has 2 aromatic carbocycles. The van der Waals surface area contributed by atoms with Gasteiger partial charge in [-0.1, -0.05) is 0 Å². The van der Waals surface area contributed by atoms with Crippen LogP contribution in [-0.4, -0.2) is 71.2 Å². The zero-order valence-corrected chi connectivity index (χ0v) is 23.6. The van der Waals surface area contributed by atoms with Gasteiger partial charge in [-0.25, -0.2) is 0 Å². The number of hydrogen-bond donors (Lipinski definition) is 0. The summed E-state index contributed by atoms with van der Waals surface area (Å²) in [6.07, 6.45) is 8.14. The minimum atomic E-state index is 0.432. The van der Waals surface area contributed by atoms with Crippen molar-refractivity contribution in [1.82, 2.24) is 0 Å². The molecular formula is C28H38ClN4Se+. The molecule has 34 heavy (non-hydrogen) atoms. The molecular weight excluding hydrogens is 507 g/mol. The quantitative estimate of drug-likeness (QED) is 0.322. The monoisotopic (exact) mass is 545 g/mol. The Morgan fingerprint density at radius 2 is 1.76 bits per heavy atom. The van der Waals surface area contributed by atoms with E-state index in [9.17, 15) is 0 Å². The molecule has 2 aromatic rings. The molecule has 0 amide bonds. The molecule has 0 aliphatic carbocycles. The van der Waals surface area contributed by atoms with Gasteiger partial charge in [0.1, 0.15) is 0 Å². The second kappa shape index (κ2) is 10.8. The fraction of sp³-hybridized carbons (Fsp3) is 0.429. The summed E-state index contributed by atoms with van der Waals surface area (Å²) in [6.45, 7) is 12.0. The molecule has 0 aromatic heterocycles. The zero-order chi connectivity index (χ0) is 24.3. The van der Waals surface area contributed by atoms with Gasteiger partial charge in [0.15, 0.2) is 0 Å². The van der Waals surface area contributed by atoms with Crippen LogP contribution < -0.4 is 19.2 Å². The summed E-state index contributed by atoms with van der Waals surface area (Å²) < 4.78 is 2.56. The molecule has 4 nitrogen and oxygen atoms in total. The molecule has 0 fully saturated rings. The Hall–Kier alpha value is -1.91. The fourth-order valence-corrected chi connectivity index (χ4v) is 7.61. The third-order valence-electron chi connectivity index (χ3n) is 6.98. The van der Waals surface area contributed by atoms with E-state index >= 15 is 0 Å². The zero-order valence-electron chi connectivity index (χ0n) is 21.2. The number of halogens is 1. The van der Waals surface area contributed by atoms with E-state index in [0.717, 1.165) is 42.1 Å². The van der Waals surface area contributed by atoms with Gasteiger partial charge in [-0.05, 0) is 0 Å². The molecule has 2 heterocycles. The molecule has 0 saturated carbocycles. The van der Waals surface area contributed by atoms with Crippen molar-refractivity contribution in [1.29, 1.82) is 0 Å². The molecule has 1 unspecified atom stereocenters. The Balaban J connectivity index is 1.58. The third kappa shape index (κ3) is 5.18. The van der Waals surface area contributed by atoms with E-state index in [4.69, 9.17) is 11.6 Å². The number of hydrogen-bond acceptors (Lipinski definition) is 3. The number of para-hydroxylation sites is 1. The van der Waals surface area contributed by atoms with Crippen molar-refractivity contribution in [2.24, 2.45) is 0 Å². The minimum absolute atomic E-state index is 0.432.